The van der Waals surface area contributed by atoms with Crippen molar-refractivity contribution in [3.05, 3.63) is 28.7 Å². The SMILES string of the molecule is C[C@]1(O)CC[C@@H]1Nc1ccc(Br)cc1. The van der Waals surface area contributed by atoms with Gasteiger partial charge in [-0.1, -0.05) is 15.9 Å². The first-order chi connectivity index (χ1) is 6.58. The monoisotopic (exact) mass is 255 g/mol. The van der Waals surface area contributed by atoms with Gasteiger partial charge in [-0.2, -0.15) is 0 Å². The molecule has 0 unspecified atom stereocenters. The van der Waals surface area contributed by atoms with Crippen molar-refractivity contribution in [2.24, 2.45) is 0 Å². The summed E-state index contributed by atoms with van der Waals surface area (Å²) in [6, 6.07) is 8.21. The molecule has 0 saturated heterocycles. The topological polar surface area (TPSA) is 32.3 Å². The minimum atomic E-state index is -0.535. The number of halogens is 1. The van der Waals surface area contributed by atoms with Crippen LogP contribution in [-0.4, -0.2) is 16.7 Å². The van der Waals surface area contributed by atoms with Gasteiger partial charge in [0.25, 0.3) is 0 Å². The number of hydrogen-bond donors (Lipinski definition) is 2. The van der Waals surface area contributed by atoms with Gasteiger partial charge in [0, 0.05) is 10.2 Å². The molecule has 2 atom stereocenters. The van der Waals surface area contributed by atoms with Crippen molar-refractivity contribution >= 4 is 21.6 Å². The molecule has 1 aromatic rings. The van der Waals surface area contributed by atoms with E-state index in [1.54, 1.807) is 0 Å². The average Bonchev–Trinajstić information content (AvgIpc) is 2.15. The van der Waals surface area contributed by atoms with Gasteiger partial charge in [-0.15, -0.1) is 0 Å². The van der Waals surface area contributed by atoms with Crippen LogP contribution in [0, 0.1) is 0 Å². The molecule has 1 fully saturated rings. The molecule has 1 saturated carbocycles. The summed E-state index contributed by atoms with van der Waals surface area (Å²) >= 11 is 3.39. The zero-order valence-electron chi connectivity index (χ0n) is 8.13. The maximum Gasteiger partial charge on any atom is 0.0820 e. The lowest BCUT2D eigenvalue weighted by Gasteiger charge is -2.43. The Hall–Kier alpha value is -0.540. The Balaban J connectivity index is 2.01. The van der Waals surface area contributed by atoms with Gasteiger partial charge in [0.2, 0.25) is 0 Å². The Labute approximate surface area is 92.5 Å². The van der Waals surface area contributed by atoms with Crippen molar-refractivity contribution < 1.29 is 5.11 Å². The molecule has 1 aliphatic carbocycles. The lowest BCUT2D eigenvalue weighted by molar-refractivity contribution is -0.0286. The summed E-state index contributed by atoms with van der Waals surface area (Å²) in [6.45, 7) is 1.88. The molecule has 0 bridgehead atoms. The van der Waals surface area contributed by atoms with E-state index in [1.807, 2.05) is 31.2 Å². The molecule has 3 heteroatoms. The van der Waals surface area contributed by atoms with Crippen LogP contribution in [0.25, 0.3) is 0 Å². The highest BCUT2D eigenvalue weighted by atomic mass is 79.9. The molecule has 1 aliphatic rings. The van der Waals surface area contributed by atoms with Crippen molar-refractivity contribution in [1.82, 2.24) is 0 Å². The summed E-state index contributed by atoms with van der Waals surface area (Å²) in [7, 11) is 0. The largest absolute Gasteiger partial charge is 0.388 e. The van der Waals surface area contributed by atoms with E-state index in [4.69, 9.17) is 0 Å². The van der Waals surface area contributed by atoms with Gasteiger partial charge in [-0.05, 0) is 44.0 Å². The van der Waals surface area contributed by atoms with Crippen molar-refractivity contribution in [2.45, 2.75) is 31.4 Å². The van der Waals surface area contributed by atoms with Crippen LogP contribution in [0.3, 0.4) is 0 Å². The van der Waals surface area contributed by atoms with E-state index in [1.165, 1.54) is 0 Å². The van der Waals surface area contributed by atoms with Crippen LogP contribution >= 0.6 is 15.9 Å². The second-order valence-corrected chi connectivity index (χ2v) is 5.02. The fraction of sp³-hybridized carbons (Fsp3) is 0.455. The molecule has 0 aromatic heterocycles. The smallest absolute Gasteiger partial charge is 0.0820 e. The van der Waals surface area contributed by atoms with E-state index in [2.05, 4.69) is 21.2 Å². The fourth-order valence-corrected chi connectivity index (χ4v) is 1.95. The number of aliphatic hydroxyl groups is 1. The minimum absolute atomic E-state index is 0.198. The standard InChI is InChI=1S/C11H14BrNO/c1-11(14)7-6-10(11)13-9-4-2-8(12)3-5-9/h2-5,10,13-14H,6-7H2,1H3/t10-,11-/m0/s1. The molecule has 76 valence electrons. The van der Waals surface area contributed by atoms with E-state index in [9.17, 15) is 5.11 Å². The molecule has 0 amide bonds. The number of hydrogen-bond acceptors (Lipinski definition) is 2. The fourth-order valence-electron chi connectivity index (χ4n) is 1.68. The maximum absolute atomic E-state index is 9.82. The predicted molar refractivity (Wildman–Crippen MR) is 61.4 cm³/mol. The highest BCUT2D eigenvalue weighted by molar-refractivity contribution is 9.10. The lowest BCUT2D eigenvalue weighted by Crippen LogP contribution is -2.53. The van der Waals surface area contributed by atoms with E-state index in [-0.39, 0.29) is 6.04 Å². The van der Waals surface area contributed by atoms with Gasteiger partial charge >= 0.3 is 0 Å². The Morgan fingerprint density at radius 3 is 2.50 bits per heavy atom. The van der Waals surface area contributed by atoms with Crippen LogP contribution < -0.4 is 5.32 Å². The molecule has 2 N–H and O–H groups in total. The first-order valence-electron chi connectivity index (χ1n) is 4.82. The molecule has 2 rings (SSSR count). The second-order valence-electron chi connectivity index (χ2n) is 4.10. The summed E-state index contributed by atoms with van der Waals surface area (Å²) in [5.41, 5.74) is 0.533. The normalized spacial score (nSPS) is 30.9. The van der Waals surface area contributed by atoms with E-state index < -0.39 is 5.60 Å². The Morgan fingerprint density at radius 1 is 1.43 bits per heavy atom. The molecule has 1 aromatic carbocycles. The van der Waals surface area contributed by atoms with Gasteiger partial charge in [0.05, 0.1) is 11.6 Å². The highest BCUT2D eigenvalue weighted by Crippen LogP contribution is 2.34. The zero-order chi connectivity index (χ0) is 10.2. The van der Waals surface area contributed by atoms with E-state index in [0.717, 1.165) is 23.0 Å². The average molecular weight is 256 g/mol. The Morgan fingerprint density at radius 2 is 2.07 bits per heavy atom. The number of anilines is 1. The van der Waals surface area contributed by atoms with Crippen LogP contribution in [0.1, 0.15) is 19.8 Å². The van der Waals surface area contributed by atoms with Gasteiger partial charge in [-0.25, -0.2) is 0 Å². The van der Waals surface area contributed by atoms with Crippen molar-refractivity contribution in [2.75, 3.05) is 5.32 Å². The van der Waals surface area contributed by atoms with Crippen LogP contribution in [0.4, 0.5) is 5.69 Å². The van der Waals surface area contributed by atoms with Crippen LogP contribution in [0.5, 0.6) is 0 Å². The van der Waals surface area contributed by atoms with Crippen LogP contribution in [0.2, 0.25) is 0 Å². The third kappa shape index (κ3) is 1.93. The molecule has 0 radical (unpaired) electrons. The van der Waals surface area contributed by atoms with Crippen molar-refractivity contribution in [3.8, 4) is 0 Å². The summed E-state index contributed by atoms with van der Waals surface area (Å²) in [4.78, 5) is 0. The maximum atomic E-state index is 9.82. The molecule has 0 aliphatic heterocycles. The van der Waals surface area contributed by atoms with Crippen molar-refractivity contribution in [1.29, 1.82) is 0 Å². The van der Waals surface area contributed by atoms with Gasteiger partial charge in [0.15, 0.2) is 0 Å². The third-order valence-corrected chi connectivity index (χ3v) is 3.40. The molecule has 0 spiro atoms. The predicted octanol–water partition coefficient (Wildman–Crippen LogP) is 2.77. The van der Waals surface area contributed by atoms with Crippen LogP contribution in [0.15, 0.2) is 28.7 Å². The van der Waals surface area contributed by atoms with Gasteiger partial charge < -0.3 is 10.4 Å². The summed E-state index contributed by atoms with van der Waals surface area (Å²) in [5.74, 6) is 0. The second kappa shape index (κ2) is 3.55. The Kier molecular flexibility index (Phi) is 2.54. The molecular formula is C11H14BrNO. The number of benzene rings is 1. The summed E-state index contributed by atoms with van der Waals surface area (Å²) < 4.78 is 1.07. The van der Waals surface area contributed by atoms with Crippen LogP contribution in [-0.2, 0) is 0 Å². The van der Waals surface area contributed by atoms with E-state index in [0.29, 0.717) is 0 Å². The summed E-state index contributed by atoms with van der Waals surface area (Å²) in [5, 5.41) is 13.1. The number of rotatable bonds is 2. The van der Waals surface area contributed by atoms with Gasteiger partial charge in [-0.3, -0.25) is 0 Å². The Bertz CT molecular complexity index is 321. The quantitative estimate of drug-likeness (QED) is 0.852. The molecular weight excluding hydrogens is 242 g/mol. The van der Waals surface area contributed by atoms with E-state index >= 15 is 0 Å². The first-order valence-corrected chi connectivity index (χ1v) is 5.62. The molecule has 2 nitrogen and oxygen atoms in total. The first kappa shape index (κ1) is 9.99. The zero-order valence-corrected chi connectivity index (χ0v) is 9.71. The van der Waals surface area contributed by atoms with Crippen molar-refractivity contribution in [3.63, 3.8) is 0 Å². The number of nitrogens with one attached hydrogen (secondary N) is 1. The van der Waals surface area contributed by atoms with Gasteiger partial charge in [0.1, 0.15) is 0 Å². The lowest BCUT2D eigenvalue weighted by atomic mass is 9.76. The molecule has 14 heavy (non-hydrogen) atoms. The summed E-state index contributed by atoms with van der Waals surface area (Å²) in [6.07, 6.45) is 1.93. The third-order valence-electron chi connectivity index (χ3n) is 2.87. The molecule has 0 heterocycles. The highest BCUT2D eigenvalue weighted by Gasteiger charge is 2.40. The minimum Gasteiger partial charge on any atom is -0.388 e.